The summed E-state index contributed by atoms with van der Waals surface area (Å²) in [5.41, 5.74) is 1.36. The minimum Gasteiger partial charge on any atom is -0.481 e. The highest BCUT2D eigenvalue weighted by Crippen LogP contribution is 2.22. The predicted molar refractivity (Wildman–Crippen MR) is 73.4 cm³/mol. The van der Waals surface area contributed by atoms with E-state index in [0.29, 0.717) is 18.5 Å². The van der Waals surface area contributed by atoms with Gasteiger partial charge in [0.1, 0.15) is 0 Å². The number of hydrogen-bond donors (Lipinski definition) is 1. The Kier molecular flexibility index (Phi) is 3.10. The highest BCUT2D eigenvalue weighted by Gasteiger charge is 2.31. The topological polar surface area (TPSA) is 70.5 Å². The summed E-state index contributed by atoms with van der Waals surface area (Å²) >= 11 is 0. The molecule has 0 unspecified atom stereocenters. The molecule has 0 spiro atoms. The molecule has 0 aliphatic carbocycles. The Hall–Kier alpha value is -2.43. The third-order valence-electron chi connectivity index (χ3n) is 3.70. The predicted octanol–water partition coefficient (Wildman–Crippen LogP) is 1.78. The van der Waals surface area contributed by atoms with E-state index in [1.807, 2.05) is 12.1 Å². The van der Waals surface area contributed by atoms with Crippen molar-refractivity contribution in [2.24, 2.45) is 5.92 Å². The van der Waals surface area contributed by atoms with E-state index in [0.717, 1.165) is 10.9 Å². The molecule has 1 saturated heterocycles. The van der Waals surface area contributed by atoms with Crippen LogP contribution >= 0.6 is 0 Å². The fraction of sp³-hybridized carbons (Fsp3) is 0.267. The standard InChI is InChI=1S/C15H14N2O3/c18-14(17-8-6-10(9-17)15(19)20)12-3-1-5-13-11(12)4-2-7-16-13/h1-5,7,10H,6,8-9H2,(H,19,20)/t10-/m0/s1. The average Bonchev–Trinajstić information content (AvgIpc) is 2.96. The zero-order valence-corrected chi connectivity index (χ0v) is 10.8. The van der Waals surface area contributed by atoms with Crippen LogP contribution in [-0.2, 0) is 4.79 Å². The molecular weight excluding hydrogens is 256 g/mol. The number of benzene rings is 1. The Balaban J connectivity index is 1.92. The lowest BCUT2D eigenvalue weighted by molar-refractivity contribution is -0.141. The van der Waals surface area contributed by atoms with Crippen LogP contribution in [0.5, 0.6) is 0 Å². The maximum atomic E-state index is 12.5. The number of carbonyl (C=O) groups excluding carboxylic acids is 1. The number of carboxylic acid groups (broad SMARTS) is 1. The summed E-state index contributed by atoms with van der Waals surface area (Å²) < 4.78 is 0. The highest BCUT2D eigenvalue weighted by molar-refractivity contribution is 6.06. The van der Waals surface area contributed by atoms with Crippen molar-refractivity contribution >= 4 is 22.8 Å². The number of aromatic nitrogens is 1. The maximum Gasteiger partial charge on any atom is 0.308 e. The molecule has 1 aliphatic rings. The van der Waals surface area contributed by atoms with Crippen molar-refractivity contribution in [1.82, 2.24) is 9.88 Å². The average molecular weight is 270 g/mol. The number of aliphatic carboxylic acids is 1. The first-order valence-electron chi connectivity index (χ1n) is 6.52. The van der Waals surface area contributed by atoms with Crippen molar-refractivity contribution < 1.29 is 14.7 Å². The van der Waals surface area contributed by atoms with Gasteiger partial charge in [0.2, 0.25) is 0 Å². The summed E-state index contributed by atoms with van der Waals surface area (Å²) in [7, 11) is 0. The molecule has 102 valence electrons. The number of pyridine rings is 1. The smallest absolute Gasteiger partial charge is 0.308 e. The molecule has 1 aromatic carbocycles. The summed E-state index contributed by atoms with van der Waals surface area (Å²) in [4.78, 5) is 29.3. The van der Waals surface area contributed by atoms with Crippen LogP contribution in [0.2, 0.25) is 0 Å². The Morgan fingerprint density at radius 1 is 1.25 bits per heavy atom. The summed E-state index contributed by atoms with van der Waals surface area (Å²) in [6.07, 6.45) is 2.21. The van der Waals surface area contributed by atoms with Crippen molar-refractivity contribution in [3.8, 4) is 0 Å². The lowest BCUT2D eigenvalue weighted by atomic mass is 10.1. The quantitative estimate of drug-likeness (QED) is 0.903. The molecule has 3 rings (SSSR count). The Morgan fingerprint density at radius 2 is 2.10 bits per heavy atom. The van der Waals surface area contributed by atoms with Gasteiger partial charge in [-0.3, -0.25) is 14.6 Å². The van der Waals surface area contributed by atoms with Gasteiger partial charge in [-0.2, -0.15) is 0 Å². The zero-order valence-electron chi connectivity index (χ0n) is 10.8. The molecule has 0 saturated carbocycles. The van der Waals surface area contributed by atoms with Gasteiger partial charge in [-0.05, 0) is 24.6 Å². The number of hydrogen-bond acceptors (Lipinski definition) is 3. The number of fused-ring (bicyclic) bond motifs is 1. The van der Waals surface area contributed by atoms with Crippen molar-refractivity contribution in [2.75, 3.05) is 13.1 Å². The van der Waals surface area contributed by atoms with Crippen LogP contribution in [-0.4, -0.2) is 40.0 Å². The summed E-state index contributed by atoms with van der Waals surface area (Å²) in [6.45, 7) is 0.775. The van der Waals surface area contributed by atoms with Crippen LogP contribution in [0.3, 0.4) is 0 Å². The summed E-state index contributed by atoms with van der Waals surface area (Å²) in [5.74, 6) is -1.40. The van der Waals surface area contributed by atoms with Gasteiger partial charge >= 0.3 is 5.97 Å². The van der Waals surface area contributed by atoms with Gasteiger partial charge in [0.15, 0.2) is 0 Å². The van der Waals surface area contributed by atoms with Crippen LogP contribution in [0.25, 0.3) is 10.9 Å². The molecule has 1 aromatic heterocycles. The maximum absolute atomic E-state index is 12.5. The Bertz CT molecular complexity index is 678. The second kappa shape index (κ2) is 4.92. The van der Waals surface area contributed by atoms with E-state index < -0.39 is 11.9 Å². The molecule has 0 bridgehead atoms. The molecule has 1 aliphatic heterocycles. The van der Waals surface area contributed by atoms with Crippen molar-refractivity contribution in [3.63, 3.8) is 0 Å². The first-order chi connectivity index (χ1) is 9.66. The molecule has 20 heavy (non-hydrogen) atoms. The van der Waals surface area contributed by atoms with Crippen molar-refractivity contribution in [2.45, 2.75) is 6.42 Å². The van der Waals surface area contributed by atoms with Crippen molar-refractivity contribution in [3.05, 3.63) is 42.1 Å². The van der Waals surface area contributed by atoms with Crippen LogP contribution in [0.1, 0.15) is 16.8 Å². The molecule has 2 heterocycles. The normalized spacial score (nSPS) is 18.4. The molecule has 1 fully saturated rings. The first-order valence-corrected chi connectivity index (χ1v) is 6.52. The number of rotatable bonds is 2. The molecule has 5 nitrogen and oxygen atoms in total. The SMILES string of the molecule is O=C(O)[C@H]1CCN(C(=O)c2cccc3ncccc23)C1. The zero-order chi connectivity index (χ0) is 14.1. The molecule has 0 radical (unpaired) electrons. The van der Waals surface area contributed by atoms with E-state index in [9.17, 15) is 9.59 Å². The van der Waals surface area contributed by atoms with E-state index in [2.05, 4.69) is 4.98 Å². The van der Waals surface area contributed by atoms with Crippen molar-refractivity contribution in [1.29, 1.82) is 0 Å². The van der Waals surface area contributed by atoms with Gasteiger partial charge in [0, 0.05) is 30.2 Å². The number of likely N-dealkylation sites (tertiary alicyclic amines) is 1. The number of nitrogens with zero attached hydrogens (tertiary/aromatic N) is 2. The molecule has 5 heteroatoms. The lowest BCUT2D eigenvalue weighted by Gasteiger charge is -2.16. The van der Waals surface area contributed by atoms with E-state index in [4.69, 9.17) is 5.11 Å². The second-order valence-corrected chi connectivity index (χ2v) is 4.95. The molecule has 1 N–H and O–H groups in total. The molecule has 1 atom stereocenters. The van der Waals surface area contributed by atoms with E-state index >= 15 is 0 Å². The van der Waals surface area contributed by atoms with E-state index in [1.165, 1.54) is 0 Å². The van der Waals surface area contributed by atoms with Crippen LogP contribution < -0.4 is 0 Å². The monoisotopic (exact) mass is 270 g/mol. The third kappa shape index (κ3) is 2.11. The summed E-state index contributed by atoms with van der Waals surface area (Å²) in [6, 6.07) is 9.08. The van der Waals surface area contributed by atoms with Crippen LogP contribution in [0.4, 0.5) is 0 Å². The van der Waals surface area contributed by atoms with E-state index in [1.54, 1.807) is 29.3 Å². The Morgan fingerprint density at radius 3 is 2.85 bits per heavy atom. The highest BCUT2D eigenvalue weighted by atomic mass is 16.4. The Labute approximate surface area is 115 Å². The van der Waals surface area contributed by atoms with E-state index in [-0.39, 0.29) is 12.5 Å². The minimum atomic E-state index is -0.833. The van der Waals surface area contributed by atoms with Crippen LogP contribution in [0.15, 0.2) is 36.5 Å². The fourth-order valence-corrected chi connectivity index (χ4v) is 2.61. The number of carbonyl (C=O) groups is 2. The van der Waals surface area contributed by atoms with Gasteiger partial charge < -0.3 is 10.0 Å². The number of carboxylic acids is 1. The minimum absolute atomic E-state index is 0.118. The molecule has 2 aromatic rings. The van der Waals surface area contributed by atoms with Crippen LogP contribution in [0, 0.1) is 5.92 Å². The number of amides is 1. The fourth-order valence-electron chi connectivity index (χ4n) is 2.61. The van der Waals surface area contributed by atoms with Gasteiger partial charge in [-0.25, -0.2) is 0 Å². The van der Waals surface area contributed by atoms with Gasteiger partial charge in [0.25, 0.3) is 5.91 Å². The largest absolute Gasteiger partial charge is 0.481 e. The third-order valence-corrected chi connectivity index (χ3v) is 3.70. The molecule has 1 amide bonds. The first kappa shape index (κ1) is 12.6. The lowest BCUT2D eigenvalue weighted by Crippen LogP contribution is -2.30. The molecular formula is C15H14N2O3. The van der Waals surface area contributed by atoms with Gasteiger partial charge in [-0.15, -0.1) is 0 Å². The van der Waals surface area contributed by atoms with Gasteiger partial charge in [0.05, 0.1) is 11.4 Å². The summed E-state index contributed by atoms with van der Waals surface area (Å²) in [5, 5.41) is 9.81. The van der Waals surface area contributed by atoms with Gasteiger partial charge in [-0.1, -0.05) is 12.1 Å². The second-order valence-electron chi connectivity index (χ2n) is 4.95.